The normalized spacial score (nSPS) is 21.0. The predicted octanol–water partition coefficient (Wildman–Crippen LogP) is 2.44. The van der Waals surface area contributed by atoms with Gasteiger partial charge in [-0.3, -0.25) is 4.68 Å². The van der Waals surface area contributed by atoms with Crippen molar-refractivity contribution >= 4 is 11.6 Å². The largest absolute Gasteiger partial charge is 0.376 e. The van der Waals surface area contributed by atoms with E-state index in [2.05, 4.69) is 39.5 Å². The van der Waals surface area contributed by atoms with E-state index in [1.807, 2.05) is 23.9 Å². The van der Waals surface area contributed by atoms with Crippen LogP contribution in [0.4, 0.5) is 11.6 Å². The summed E-state index contributed by atoms with van der Waals surface area (Å²) >= 11 is 0. The van der Waals surface area contributed by atoms with Crippen LogP contribution in [0.2, 0.25) is 0 Å². The van der Waals surface area contributed by atoms with Crippen molar-refractivity contribution in [3.05, 3.63) is 30.4 Å². The molecule has 0 radical (unpaired) electrons. The number of ether oxygens (including phenoxy) is 1. The van der Waals surface area contributed by atoms with Gasteiger partial charge in [-0.1, -0.05) is 13.8 Å². The summed E-state index contributed by atoms with van der Waals surface area (Å²) in [6.45, 7) is 5.92. The quantitative estimate of drug-likeness (QED) is 0.847. The fourth-order valence-electron chi connectivity index (χ4n) is 3.09. The Morgan fingerprint density at radius 2 is 2.17 bits per heavy atom. The molecule has 0 saturated carbocycles. The molecule has 0 amide bonds. The molecule has 1 aliphatic rings. The first kappa shape index (κ1) is 16.7. The Balaban J connectivity index is 1.63. The third-order valence-corrected chi connectivity index (χ3v) is 4.40. The number of nitrogens with zero attached hydrogens (tertiary/aromatic N) is 4. The molecule has 3 rings (SSSR count). The summed E-state index contributed by atoms with van der Waals surface area (Å²) in [6, 6.07) is 4.22. The van der Waals surface area contributed by atoms with Gasteiger partial charge in [-0.15, -0.1) is 0 Å². The summed E-state index contributed by atoms with van der Waals surface area (Å²) < 4.78 is 7.78. The molecule has 2 atom stereocenters. The lowest BCUT2D eigenvalue weighted by atomic mass is 9.94. The number of aryl methyl sites for hydroxylation is 1. The highest BCUT2D eigenvalue weighted by atomic mass is 16.5. The van der Waals surface area contributed by atoms with Crippen molar-refractivity contribution in [2.24, 2.45) is 13.0 Å². The maximum absolute atomic E-state index is 5.93. The van der Waals surface area contributed by atoms with Crippen LogP contribution < -0.4 is 10.6 Å². The zero-order chi connectivity index (χ0) is 16.9. The molecule has 0 unspecified atom stereocenters. The average Bonchev–Trinajstić information content (AvgIpc) is 2.99. The van der Waals surface area contributed by atoms with Gasteiger partial charge in [-0.2, -0.15) is 5.10 Å². The molecule has 2 aromatic heterocycles. The highest BCUT2D eigenvalue weighted by molar-refractivity contribution is 5.47. The molecule has 1 saturated heterocycles. The van der Waals surface area contributed by atoms with E-state index in [1.165, 1.54) is 0 Å². The van der Waals surface area contributed by atoms with Crippen LogP contribution in [0, 0.1) is 5.92 Å². The molecule has 2 N–H and O–H groups in total. The summed E-state index contributed by atoms with van der Waals surface area (Å²) in [5.41, 5.74) is 1.10. The average molecular weight is 330 g/mol. The molecule has 2 aromatic rings. The monoisotopic (exact) mass is 330 g/mol. The third-order valence-electron chi connectivity index (χ3n) is 4.40. The van der Waals surface area contributed by atoms with Gasteiger partial charge in [0.05, 0.1) is 24.4 Å². The van der Waals surface area contributed by atoms with Crippen LogP contribution in [0.3, 0.4) is 0 Å². The van der Waals surface area contributed by atoms with E-state index < -0.39 is 0 Å². The zero-order valence-electron chi connectivity index (χ0n) is 14.6. The van der Waals surface area contributed by atoms with Gasteiger partial charge in [0, 0.05) is 25.9 Å². The fraction of sp³-hybridized carbons (Fsp3) is 0.588. The molecule has 3 heterocycles. The molecule has 1 fully saturated rings. The van der Waals surface area contributed by atoms with Crippen LogP contribution in [0.15, 0.2) is 24.7 Å². The maximum Gasteiger partial charge on any atom is 0.131 e. The topological polar surface area (TPSA) is 76.9 Å². The number of hydrogen-bond donors (Lipinski definition) is 2. The second kappa shape index (κ2) is 7.61. The van der Waals surface area contributed by atoms with E-state index in [-0.39, 0.29) is 6.10 Å². The number of nitrogens with one attached hydrogen (secondary N) is 2. The predicted molar refractivity (Wildman–Crippen MR) is 93.8 cm³/mol. The Bertz CT molecular complexity index is 656. The van der Waals surface area contributed by atoms with E-state index in [1.54, 1.807) is 12.5 Å². The Labute approximate surface area is 142 Å². The van der Waals surface area contributed by atoms with Crippen molar-refractivity contribution in [1.29, 1.82) is 0 Å². The molecular weight excluding hydrogens is 304 g/mol. The third kappa shape index (κ3) is 4.03. The van der Waals surface area contributed by atoms with Gasteiger partial charge >= 0.3 is 0 Å². The van der Waals surface area contributed by atoms with Crippen molar-refractivity contribution < 1.29 is 4.74 Å². The van der Waals surface area contributed by atoms with Crippen molar-refractivity contribution in [1.82, 2.24) is 19.7 Å². The molecule has 7 heteroatoms. The summed E-state index contributed by atoms with van der Waals surface area (Å²) in [6.07, 6.45) is 5.78. The first-order valence-electron chi connectivity index (χ1n) is 8.54. The van der Waals surface area contributed by atoms with Gasteiger partial charge in [0.25, 0.3) is 0 Å². The summed E-state index contributed by atoms with van der Waals surface area (Å²) in [4.78, 5) is 8.65. The Hall–Kier alpha value is -2.15. The summed E-state index contributed by atoms with van der Waals surface area (Å²) in [5, 5.41) is 11.0. The minimum Gasteiger partial charge on any atom is -0.376 e. The highest BCUT2D eigenvalue weighted by Gasteiger charge is 2.28. The minimum absolute atomic E-state index is 0.222. The lowest BCUT2D eigenvalue weighted by Crippen LogP contribution is -2.43. The van der Waals surface area contributed by atoms with Crippen molar-refractivity contribution in [3.8, 4) is 0 Å². The van der Waals surface area contributed by atoms with Gasteiger partial charge in [-0.25, -0.2) is 9.97 Å². The molecule has 7 nitrogen and oxygen atoms in total. The van der Waals surface area contributed by atoms with E-state index >= 15 is 0 Å². The lowest BCUT2D eigenvalue weighted by molar-refractivity contribution is -0.0203. The van der Waals surface area contributed by atoms with Crippen LogP contribution >= 0.6 is 0 Å². The van der Waals surface area contributed by atoms with Crippen molar-refractivity contribution in [2.75, 3.05) is 17.2 Å². The van der Waals surface area contributed by atoms with E-state index in [0.717, 1.165) is 36.8 Å². The SMILES string of the molecule is CC(C)[C@H]1OCCC[C@@H]1Nc1cc(NCc2ccnn2C)ncn1. The smallest absolute Gasteiger partial charge is 0.131 e. The summed E-state index contributed by atoms with van der Waals surface area (Å²) in [5.74, 6) is 2.11. The van der Waals surface area contributed by atoms with E-state index in [0.29, 0.717) is 18.5 Å². The number of rotatable bonds is 6. The molecular formula is C17H26N6O. The molecule has 0 bridgehead atoms. The van der Waals surface area contributed by atoms with Gasteiger partial charge in [-0.05, 0) is 24.8 Å². The second-order valence-corrected chi connectivity index (χ2v) is 6.56. The minimum atomic E-state index is 0.222. The number of hydrogen-bond acceptors (Lipinski definition) is 6. The Morgan fingerprint density at radius 3 is 2.92 bits per heavy atom. The molecule has 0 spiro atoms. The second-order valence-electron chi connectivity index (χ2n) is 6.56. The first-order valence-corrected chi connectivity index (χ1v) is 8.54. The molecule has 1 aliphatic heterocycles. The molecule has 24 heavy (non-hydrogen) atoms. The van der Waals surface area contributed by atoms with Crippen LogP contribution in [0.5, 0.6) is 0 Å². The van der Waals surface area contributed by atoms with Crippen LogP contribution in [-0.2, 0) is 18.3 Å². The Kier molecular flexibility index (Phi) is 5.30. The fourth-order valence-corrected chi connectivity index (χ4v) is 3.09. The van der Waals surface area contributed by atoms with E-state index in [9.17, 15) is 0 Å². The molecule has 0 aliphatic carbocycles. The molecule has 0 aromatic carbocycles. The van der Waals surface area contributed by atoms with Gasteiger partial charge in [0.15, 0.2) is 0 Å². The van der Waals surface area contributed by atoms with Crippen molar-refractivity contribution in [3.63, 3.8) is 0 Å². The van der Waals surface area contributed by atoms with Gasteiger partial charge in [0.1, 0.15) is 18.0 Å². The highest BCUT2D eigenvalue weighted by Crippen LogP contribution is 2.24. The van der Waals surface area contributed by atoms with Gasteiger partial charge in [0.2, 0.25) is 0 Å². The van der Waals surface area contributed by atoms with E-state index in [4.69, 9.17) is 4.74 Å². The number of anilines is 2. The molecule has 130 valence electrons. The van der Waals surface area contributed by atoms with Crippen molar-refractivity contribution in [2.45, 2.75) is 45.4 Å². The standard InChI is InChI=1S/C17H26N6O/c1-12(2)17-14(5-4-8-24-17)22-16-9-15(19-11-20-16)18-10-13-6-7-21-23(13)3/h6-7,9,11-12,14,17H,4-5,8,10H2,1-3H3,(H2,18,19,20,22)/t14-,17+/m0/s1. The maximum atomic E-state index is 5.93. The van der Waals surface area contributed by atoms with Crippen LogP contribution in [0.25, 0.3) is 0 Å². The number of aromatic nitrogens is 4. The van der Waals surface area contributed by atoms with Gasteiger partial charge < -0.3 is 15.4 Å². The summed E-state index contributed by atoms with van der Waals surface area (Å²) in [7, 11) is 1.93. The zero-order valence-corrected chi connectivity index (χ0v) is 14.6. The lowest BCUT2D eigenvalue weighted by Gasteiger charge is -2.35. The van der Waals surface area contributed by atoms with Crippen LogP contribution in [0.1, 0.15) is 32.4 Å². The van der Waals surface area contributed by atoms with Crippen LogP contribution in [-0.4, -0.2) is 38.5 Å². The Morgan fingerprint density at radius 1 is 1.33 bits per heavy atom. The first-order chi connectivity index (χ1) is 11.6.